The number of hydrogen-bond acceptors (Lipinski definition) is 3. The minimum atomic E-state index is -3.40. The van der Waals surface area contributed by atoms with Gasteiger partial charge in [-0.2, -0.15) is 17.0 Å². The maximum atomic E-state index is 12.6. The summed E-state index contributed by atoms with van der Waals surface area (Å²) in [4.78, 5) is 10.9. The third kappa shape index (κ3) is 3.32. The van der Waals surface area contributed by atoms with Gasteiger partial charge in [-0.15, -0.1) is 0 Å². The average Bonchev–Trinajstić information content (AvgIpc) is 2.47. The zero-order chi connectivity index (χ0) is 14.8. The molecule has 2 heterocycles. The van der Waals surface area contributed by atoms with Crippen LogP contribution in [0.5, 0.6) is 0 Å². The Morgan fingerprint density at radius 1 is 1.15 bits per heavy atom. The highest BCUT2D eigenvalue weighted by atomic mass is 32.2. The van der Waals surface area contributed by atoms with Crippen molar-refractivity contribution in [3.05, 3.63) is 0 Å². The highest BCUT2D eigenvalue weighted by molar-refractivity contribution is 7.86. The summed E-state index contributed by atoms with van der Waals surface area (Å²) in [6.45, 7) is 3.95. The van der Waals surface area contributed by atoms with E-state index < -0.39 is 22.1 Å². The van der Waals surface area contributed by atoms with Crippen molar-refractivity contribution in [2.75, 3.05) is 26.2 Å². The number of carboxylic acids is 1. The Morgan fingerprint density at radius 3 is 2.35 bits per heavy atom. The van der Waals surface area contributed by atoms with Crippen LogP contribution in [-0.4, -0.2) is 54.3 Å². The lowest BCUT2D eigenvalue weighted by molar-refractivity contribution is -0.142. The molecule has 0 aromatic rings. The monoisotopic (exact) mass is 304 g/mol. The topological polar surface area (TPSA) is 77.9 Å². The zero-order valence-electron chi connectivity index (χ0n) is 12.0. The molecule has 0 radical (unpaired) electrons. The van der Waals surface area contributed by atoms with Crippen LogP contribution >= 0.6 is 0 Å². The van der Waals surface area contributed by atoms with Crippen molar-refractivity contribution < 1.29 is 18.3 Å². The van der Waals surface area contributed by atoms with Crippen molar-refractivity contribution in [2.24, 2.45) is 11.8 Å². The van der Waals surface area contributed by atoms with E-state index in [1.165, 1.54) is 4.31 Å². The second kappa shape index (κ2) is 6.41. The first-order valence-corrected chi connectivity index (χ1v) is 8.83. The molecule has 2 aliphatic heterocycles. The summed E-state index contributed by atoms with van der Waals surface area (Å²) in [5.41, 5.74) is 0. The molecular formula is C13H24N2O4S. The Labute approximate surface area is 120 Å². The second-order valence-electron chi connectivity index (χ2n) is 5.79. The second-order valence-corrected chi connectivity index (χ2v) is 7.72. The lowest BCUT2D eigenvalue weighted by Crippen LogP contribution is -2.50. The van der Waals surface area contributed by atoms with Crippen molar-refractivity contribution in [1.82, 2.24) is 8.61 Å². The van der Waals surface area contributed by atoms with Gasteiger partial charge in [0.15, 0.2) is 0 Å². The number of nitrogens with zero attached hydrogens (tertiary/aromatic N) is 2. The fraction of sp³-hybridized carbons (Fsp3) is 0.923. The van der Waals surface area contributed by atoms with Crippen molar-refractivity contribution in [3.63, 3.8) is 0 Å². The van der Waals surface area contributed by atoms with E-state index in [2.05, 4.69) is 6.92 Å². The molecule has 2 rings (SSSR count). The molecule has 1 N–H and O–H groups in total. The SMILES string of the molecule is CCC1CCCN(S(=O)(=O)N2CCC(C(=O)O)CC2)C1. The molecule has 0 aromatic carbocycles. The van der Waals surface area contributed by atoms with Crippen molar-refractivity contribution >= 4 is 16.2 Å². The van der Waals surface area contributed by atoms with E-state index in [9.17, 15) is 13.2 Å². The van der Waals surface area contributed by atoms with Gasteiger partial charge >= 0.3 is 5.97 Å². The number of aliphatic carboxylic acids is 1. The van der Waals surface area contributed by atoms with Crippen LogP contribution in [0.15, 0.2) is 0 Å². The van der Waals surface area contributed by atoms with E-state index in [-0.39, 0.29) is 0 Å². The van der Waals surface area contributed by atoms with E-state index in [1.807, 2.05) is 0 Å². The zero-order valence-corrected chi connectivity index (χ0v) is 12.8. The van der Waals surface area contributed by atoms with Gasteiger partial charge in [0, 0.05) is 26.2 Å². The minimum Gasteiger partial charge on any atom is -0.481 e. The van der Waals surface area contributed by atoms with Crippen LogP contribution < -0.4 is 0 Å². The molecule has 0 spiro atoms. The summed E-state index contributed by atoms with van der Waals surface area (Å²) in [7, 11) is -3.40. The Morgan fingerprint density at radius 2 is 1.80 bits per heavy atom. The number of hydrogen-bond donors (Lipinski definition) is 1. The molecular weight excluding hydrogens is 280 g/mol. The van der Waals surface area contributed by atoms with Gasteiger partial charge in [-0.05, 0) is 31.6 Å². The molecule has 1 unspecified atom stereocenters. The lowest BCUT2D eigenvalue weighted by atomic mass is 9.97. The molecule has 0 bridgehead atoms. The van der Waals surface area contributed by atoms with Gasteiger partial charge in [0.1, 0.15) is 0 Å². The third-order valence-electron chi connectivity index (χ3n) is 4.51. The number of piperidine rings is 2. The Kier molecular flexibility index (Phi) is 5.04. The largest absolute Gasteiger partial charge is 0.481 e. The summed E-state index contributed by atoms with van der Waals surface area (Å²) in [5.74, 6) is -0.757. The fourth-order valence-corrected chi connectivity index (χ4v) is 4.82. The molecule has 2 aliphatic rings. The molecule has 2 saturated heterocycles. The molecule has 1 atom stereocenters. The molecule has 2 fully saturated rings. The molecule has 0 saturated carbocycles. The van der Waals surface area contributed by atoms with Gasteiger partial charge in [0.25, 0.3) is 10.2 Å². The quantitative estimate of drug-likeness (QED) is 0.845. The summed E-state index contributed by atoms with van der Waals surface area (Å²) < 4.78 is 28.2. The highest BCUT2D eigenvalue weighted by Crippen LogP contribution is 2.26. The van der Waals surface area contributed by atoms with E-state index in [4.69, 9.17) is 5.11 Å². The van der Waals surface area contributed by atoms with Crippen molar-refractivity contribution in [3.8, 4) is 0 Å². The minimum absolute atomic E-state index is 0.326. The third-order valence-corrected chi connectivity index (χ3v) is 6.52. The Bertz CT molecular complexity index is 443. The standard InChI is InChI=1S/C13H24N2O4S/c1-2-11-4-3-7-15(10-11)20(18,19)14-8-5-12(6-9-14)13(16)17/h11-12H,2-10H2,1H3,(H,16,17). The van der Waals surface area contributed by atoms with E-state index in [0.29, 0.717) is 44.9 Å². The van der Waals surface area contributed by atoms with Crippen LogP contribution in [0.3, 0.4) is 0 Å². The fourth-order valence-electron chi connectivity index (χ4n) is 3.07. The molecule has 7 heteroatoms. The first-order valence-electron chi connectivity index (χ1n) is 7.43. The first-order chi connectivity index (χ1) is 9.45. The van der Waals surface area contributed by atoms with Gasteiger partial charge in [-0.3, -0.25) is 4.79 Å². The lowest BCUT2D eigenvalue weighted by Gasteiger charge is -2.37. The summed E-state index contributed by atoms with van der Waals surface area (Å²) in [6.07, 6.45) is 3.86. The smallest absolute Gasteiger partial charge is 0.306 e. The highest BCUT2D eigenvalue weighted by Gasteiger charge is 2.36. The van der Waals surface area contributed by atoms with Gasteiger partial charge in [0.05, 0.1) is 5.92 Å². The van der Waals surface area contributed by atoms with Crippen LogP contribution in [0.1, 0.15) is 39.0 Å². The first kappa shape index (κ1) is 15.7. The van der Waals surface area contributed by atoms with E-state index >= 15 is 0 Å². The van der Waals surface area contributed by atoms with Crippen LogP contribution in [0.2, 0.25) is 0 Å². The predicted octanol–water partition coefficient (Wildman–Crippen LogP) is 1.15. The van der Waals surface area contributed by atoms with E-state index in [0.717, 1.165) is 19.3 Å². The summed E-state index contributed by atoms with van der Waals surface area (Å²) in [5, 5.41) is 8.96. The van der Waals surface area contributed by atoms with Crippen molar-refractivity contribution in [1.29, 1.82) is 0 Å². The molecule has 20 heavy (non-hydrogen) atoms. The Hall–Kier alpha value is -0.660. The maximum absolute atomic E-state index is 12.6. The number of carboxylic acid groups (broad SMARTS) is 1. The maximum Gasteiger partial charge on any atom is 0.306 e. The molecule has 0 amide bonds. The van der Waals surface area contributed by atoms with Crippen LogP contribution in [0, 0.1) is 11.8 Å². The van der Waals surface area contributed by atoms with Gasteiger partial charge < -0.3 is 5.11 Å². The predicted molar refractivity (Wildman–Crippen MR) is 75.4 cm³/mol. The van der Waals surface area contributed by atoms with Gasteiger partial charge in [-0.25, -0.2) is 0 Å². The summed E-state index contributed by atoms with van der Waals surface area (Å²) >= 11 is 0. The molecule has 0 aromatic heterocycles. The number of carbonyl (C=O) groups is 1. The van der Waals surface area contributed by atoms with E-state index in [1.54, 1.807) is 4.31 Å². The van der Waals surface area contributed by atoms with Gasteiger partial charge in [0.2, 0.25) is 0 Å². The molecule has 0 aliphatic carbocycles. The van der Waals surface area contributed by atoms with Crippen LogP contribution in [-0.2, 0) is 15.0 Å². The van der Waals surface area contributed by atoms with Gasteiger partial charge in [-0.1, -0.05) is 13.3 Å². The summed E-state index contributed by atoms with van der Waals surface area (Å²) in [6, 6.07) is 0. The van der Waals surface area contributed by atoms with Crippen LogP contribution in [0.4, 0.5) is 0 Å². The van der Waals surface area contributed by atoms with Crippen LogP contribution in [0.25, 0.3) is 0 Å². The Balaban J connectivity index is 1.99. The van der Waals surface area contributed by atoms with Crippen molar-refractivity contribution in [2.45, 2.75) is 39.0 Å². The molecule has 116 valence electrons. The average molecular weight is 304 g/mol. The normalized spacial score (nSPS) is 27.6. The molecule has 6 nitrogen and oxygen atoms in total. The number of rotatable bonds is 4.